The second-order valence-corrected chi connectivity index (χ2v) is 5.69. The van der Waals surface area contributed by atoms with Crippen LogP contribution in [0.5, 0.6) is 0 Å². The van der Waals surface area contributed by atoms with Gasteiger partial charge in [-0.2, -0.15) is 5.10 Å². The van der Waals surface area contributed by atoms with E-state index in [0.29, 0.717) is 6.04 Å². The van der Waals surface area contributed by atoms with E-state index in [9.17, 15) is 0 Å². The molecule has 4 nitrogen and oxygen atoms in total. The molecule has 1 aromatic rings. The molecule has 1 N–H and O–H groups in total. The fourth-order valence-corrected chi connectivity index (χ4v) is 3.23. The summed E-state index contributed by atoms with van der Waals surface area (Å²) in [7, 11) is 4.30. The van der Waals surface area contributed by atoms with E-state index in [0.717, 1.165) is 18.8 Å². The summed E-state index contributed by atoms with van der Waals surface area (Å²) in [5, 5.41) is 8.05. The maximum atomic E-state index is 4.61. The van der Waals surface area contributed by atoms with Crippen molar-refractivity contribution in [3.05, 3.63) is 11.3 Å². The van der Waals surface area contributed by atoms with Crippen LogP contribution in [-0.4, -0.2) is 29.4 Å². The van der Waals surface area contributed by atoms with Crippen molar-refractivity contribution in [3.8, 4) is 0 Å². The Balaban J connectivity index is 2.21. The molecule has 0 amide bonds. The summed E-state index contributed by atoms with van der Waals surface area (Å²) in [4.78, 5) is 2.46. The molecule has 1 fully saturated rings. The summed E-state index contributed by atoms with van der Waals surface area (Å²) in [6.07, 6.45) is 6.78. The first-order valence-corrected chi connectivity index (χ1v) is 7.61. The van der Waals surface area contributed by atoms with Crippen molar-refractivity contribution in [3.63, 3.8) is 0 Å². The lowest BCUT2D eigenvalue weighted by Crippen LogP contribution is -2.35. The molecule has 1 saturated carbocycles. The molecule has 2 rings (SSSR count). The predicted octanol–water partition coefficient (Wildman–Crippen LogP) is 2.61. The van der Waals surface area contributed by atoms with Crippen LogP contribution in [0.2, 0.25) is 0 Å². The summed E-state index contributed by atoms with van der Waals surface area (Å²) in [6.45, 7) is 6.19. The van der Waals surface area contributed by atoms with Gasteiger partial charge < -0.3 is 10.2 Å². The molecule has 1 aliphatic carbocycles. The van der Waals surface area contributed by atoms with E-state index in [2.05, 4.69) is 47.9 Å². The maximum Gasteiger partial charge on any atom is 0.131 e. The number of hydrogen-bond acceptors (Lipinski definition) is 3. The molecule has 0 radical (unpaired) electrons. The number of hydrogen-bond donors (Lipinski definition) is 1. The highest BCUT2D eigenvalue weighted by Gasteiger charge is 2.24. The first-order chi connectivity index (χ1) is 9.15. The van der Waals surface area contributed by atoms with Gasteiger partial charge in [0.2, 0.25) is 0 Å². The lowest BCUT2D eigenvalue weighted by molar-refractivity contribution is 0.422. The van der Waals surface area contributed by atoms with E-state index in [4.69, 9.17) is 0 Å². The van der Waals surface area contributed by atoms with Crippen molar-refractivity contribution in [1.82, 2.24) is 15.1 Å². The van der Waals surface area contributed by atoms with Crippen molar-refractivity contribution in [2.75, 3.05) is 18.5 Å². The van der Waals surface area contributed by atoms with E-state index < -0.39 is 0 Å². The fraction of sp³-hybridized carbons (Fsp3) is 0.800. The predicted molar refractivity (Wildman–Crippen MR) is 80.6 cm³/mol. The summed E-state index contributed by atoms with van der Waals surface area (Å²) < 4.78 is 2.05. The van der Waals surface area contributed by atoms with Crippen molar-refractivity contribution < 1.29 is 0 Å². The molecule has 19 heavy (non-hydrogen) atoms. The van der Waals surface area contributed by atoms with Crippen LogP contribution in [0.1, 0.15) is 50.3 Å². The molecule has 4 heteroatoms. The van der Waals surface area contributed by atoms with Crippen LogP contribution < -0.4 is 10.2 Å². The summed E-state index contributed by atoms with van der Waals surface area (Å²) in [6, 6.07) is 0.684. The number of rotatable bonds is 5. The van der Waals surface area contributed by atoms with E-state index in [1.807, 2.05) is 0 Å². The molecule has 0 unspecified atom stereocenters. The van der Waals surface area contributed by atoms with Gasteiger partial charge in [-0.1, -0.05) is 26.2 Å². The highest BCUT2D eigenvalue weighted by molar-refractivity contribution is 5.50. The molecule has 0 aromatic carbocycles. The SMILES string of the molecule is CCNCc1c(C)nn(C)c1N(C)C1CCCCC1. The third kappa shape index (κ3) is 3.11. The van der Waals surface area contributed by atoms with E-state index in [-0.39, 0.29) is 0 Å². The van der Waals surface area contributed by atoms with Crippen molar-refractivity contribution in [2.45, 2.75) is 58.5 Å². The number of aromatic nitrogens is 2. The summed E-state index contributed by atoms with van der Waals surface area (Å²) in [5.74, 6) is 1.30. The van der Waals surface area contributed by atoms with Gasteiger partial charge in [0.1, 0.15) is 5.82 Å². The Labute approximate surface area is 117 Å². The zero-order chi connectivity index (χ0) is 13.8. The molecule has 0 saturated heterocycles. The van der Waals surface area contributed by atoms with Crippen LogP contribution in [0, 0.1) is 6.92 Å². The quantitative estimate of drug-likeness (QED) is 0.887. The van der Waals surface area contributed by atoms with Crippen LogP contribution in [-0.2, 0) is 13.6 Å². The lowest BCUT2D eigenvalue weighted by atomic mass is 9.94. The Bertz CT molecular complexity index is 405. The molecular weight excluding hydrogens is 236 g/mol. The van der Waals surface area contributed by atoms with Crippen LogP contribution in [0.25, 0.3) is 0 Å². The highest BCUT2D eigenvalue weighted by Crippen LogP contribution is 2.29. The molecule has 1 aliphatic rings. The van der Waals surface area contributed by atoms with Crippen LogP contribution in [0.4, 0.5) is 5.82 Å². The highest BCUT2D eigenvalue weighted by atomic mass is 15.4. The van der Waals surface area contributed by atoms with Crippen LogP contribution >= 0.6 is 0 Å². The summed E-state index contributed by atoms with van der Waals surface area (Å²) >= 11 is 0. The number of aryl methyl sites for hydroxylation is 2. The Morgan fingerprint density at radius 2 is 2.00 bits per heavy atom. The Kier molecular flexibility index (Phi) is 4.86. The average molecular weight is 264 g/mol. The molecule has 0 aliphatic heterocycles. The van der Waals surface area contributed by atoms with Crippen molar-refractivity contribution in [2.24, 2.45) is 7.05 Å². The maximum absolute atomic E-state index is 4.61. The Morgan fingerprint density at radius 3 is 2.63 bits per heavy atom. The monoisotopic (exact) mass is 264 g/mol. The van der Waals surface area contributed by atoms with E-state index in [1.54, 1.807) is 0 Å². The second kappa shape index (κ2) is 6.42. The van der Waals surface area contributed by atoms with E-state index in [1.165, 1.54) is 43.5 Å². The van der Waals surface area contributed by atoms with Crippen molar-refractivity contribution >= 4 is 5.82 Å². The average Bonchev–Trinajstić information content (AvgIpc) is 2.71. The molecule has 0 atom stereocenters. The molecule has 1 aromatic heterocycles. The zero-order valence-electron chi connectivity index (χ0n) is 12.9. The number of nitrogens with zero attached hydrogens (tertiary/aromatic N) is 3. The van der Waals surface area contributed by atoms with Crippen LogP contribution in [0.15, 0.2) is 0 Å². The van der Waals surface area contributed by atoms with Gasteiger partial charge in [0.05, 0.1) is 5.69 Å². The zero-order valence-corrected chi connectivity index (χ0v) is 12.9. The van der Waals surface area contributed by atoms with Gasteiger partial charge in [0, 0.05) is 32.2 Å². The largest absolute Gasteiger partial charge is 0.357 e. The van der Waals surface area contributed by atoms with Crippen molar-refractivity contribution in [1.29, 1.82) is 0 Å². The van der Waals surface area contributed by atoms with Gasteiger partial charge in [-0.05, 0) is 26.3 Å². The molecule has 1 heterocycles. The molecule has 0 bridgehead atoms. The van der Waals surface area contributed by atoms with Gasteiger partial charge in [-0.15, -0.1) is 0 Å². The van der Waals surface area contributed by atoms with Gasteiger partial charge in [-0.3, -0.25) is 4.68 Å². The van der Waals surface area contributed by atoms with Gasteiger partial charge in [0.25, 0.3) is 0 Å². The second-order valence-electron chi connectivity index (χ2n) is 5.69. The molecule has 0 spiro atoms. The first-order valence-electron chi connectivity index (χ1n) is 7.61. The molecular formula is C15H28N4. The minimum Gasteiger partial charge on any atom is -0.357 e. The van der Waals surface area contributed by atoms with Gasteiger partial charge >= 0.3 is 0 Å². The standard InChI is InChI=1S/C15H28N4/c1-5-16-11-14-12(2)17-19(4)15(14)18(3)13-9-7-6-8-10-13/h13,16H,5-11H2,1-4H3. The Hall–Kier alpha value is -1.03. The molecule has 108 valence electrons. The minimum absolute atomic E-state index is 0.684. The number of anilines is 1. The third-order valence-electron chi connectivity index (χ3n) is 4.32. The van der Waals surface area contributed by atoms with Gasteiger partial charge in [-0.25, -0.2) is 0 Å². The fourth-order valence-electron chi connectivity index (χ4n) is 3.23. The van der Waals surface area contributed by atoms with E-state index >= 15 is 0 Å². The number of nitrogens with one attached hydrogen (secondary N) is 1. The van der Waals surface area contributed by atoms with Crippen LogP contribution in [0.3, 0.4) is 0 Å². The smallest absolute Gasteiger partial charge is 0.131 e. The first kappa shape index (κ1) is 14.4. The Morgan fingerprint density at radius 1 is 1.32 bits per heavy atom. The topological polar surface area (TPSA) is 33.1 Å². The third-order valence-corrected chi connectivity index (χ3v) is 4.32. The minimum atomic E-state index is 0.684. The lowest BCUT2D eigenvalue weighted by Gasteiger charge is -2.33. The normalized spacial score (nSPS) is 16.8. The summed E-state index contributed by atoms with van der Waals surface area (Å²) in [5.41, 5.74) is 2.51. The van der Waals surface area contributed by atoms with Gasteiger partial charge in [0.15, 0.2) is 0 Å².